The number of hydrogen-bond acceptors (Lipinski definition) is 5. The highest BCUT2D eigenvalue weighted by Crippen LogP contribution is 1.98. The van der Waals surface area contributed by atoms with Crippen molar-refractivity contribution in [2.75, 3.05) is 20.3 Å². The molecule has 0 rings (SSSR count). The zero-order valence-corrected chi connectivity index (χ0v) is 10.9. The third kappa shape index (κ3) is 7.52. The number of carbonyl (C=O) groups excluding carboxylic acids is 2. The van der Waals surface area contributed by atoms with Gasteiger partial charge in [-0.1, -0.05) is 6.92 Å². The van der Waals surface area contributed by atoms with E-state index in [1.54, 1.807) is 0 Å². The molecule has 98 valence electrons. The molecule has 0 amide bonds. The van der Waals surface area contributed by atoms with Crippen LogP contribution in [-0.2, 0) is 19.1 Å². The summed E-state index contributed by atoms with van der Waals surface area (Å²) in [4.78, 5) is 22.3. The fourth-order valence-electron chi connectivity index (χ4n) is 1.06. The second kappa shape index (κ2) is 8.75. The first-order valence-electron chi connectivity index (χ1n) is 5.68. The van der Waals surface area contributed by atoms with Gasteiger partial charge in [0.05, 0.1) is 7.11 Å². The lowest BCUT2D eigenvalue weighted by Gasteiger charge is -2.13. The predicted molar refractivity (Wildman–Crippen MR) is 64.5 cm³/mol. The van der Waals surface area contributed by atoms with Gasteiger partial charge in [0.2, 0.25) is 0 Å². The van der Waals surface area contributed by atoms with Crippen molar-refractivity contribution < 1.29 is 19.1 Å². The van der Waals surface area contributed by atoms with E-state index < -0.39 is 11.9 Å². The molecule has 5 heteroatoms. The normalized spacial score (nSPS) is 13.1. The second-order valence-corrected chi connectivity index (χ2v) is 3.80. The molecular formula is C12H21NO4. The van der Waals surface area contributed by atoms with Crippen LogP contribution in [0.5, 0.6) is 0 Å². The largest absolute Gasteiger partial charge is 0.466 e. The highest BCUT2D eigenvalue weighted by Gasteiger charge is 2.10. The molecule has 1 atom stereocenters. The van der Waals surface area contributed by atoms with Gasteiger partial charge < -0.3 is 14.8 Å². The summed E-state index contributed by atoms with van der Waals surface area (Å²) in [6, 6.07) is 0.102. The van der Waals surface area contributed by atoms with E-state index in [2.05, 4.69) is 17.0 Å². The van der Waals surface area contributed by atoms with Crippen molar-refractivity contribution in [2.24, 2.45) is 0 Å². The Hall–Kier alpha value is -1.36. The average Bonchev–Trinajstić information content (AvgIpc) is 2.32. The van der Waals surface area contributed by atoms with Crippen LogP contribution in [-0.4, -0.2) is 38.2 Å². The molecule has 0 saturated heterocycles. The van der Waals surface area contributed by atoms with E-state index in [0.717, 1.165) is 19.0 Å². The highest BCUT2D eigenvalue weighted by molar-refractivity contribution is 5.95. The third-order valence-corrected chi connectivity index (χ3v) is 2.06. The standard InChI is InChI=1S/C12H21NO4/c1-5-6-13-10(3)8-17-12(15)9(2)7-11(14)16-4/h7,10,13H,5-6,8H2,1-4H3. The molecule has 0 bridgehead atoms. The fraction of sp³-hybridized carbons (Fsp3) is 0.667. The number of methoxy groups -OCH3 is 1. The Kier molecular flexibility index (Phi) is 8.05. The van der Waals surface area contributed by atoms with E-state index in [9.17, 15) is 9.59 Å². The Morgan fingerprint density at radius 1 is 1.41 bits per heavy atom. The molecule has 0 aromatic rings. The summed E-state index contributed by atoms with van der Waals surface area (Å²) in [6.07, 6.45) is 2.14. The Labute approximate surface area is 102 Å². The Bertz CT molecular complexity index is 286. The summed E-state index contributed by atoms with van der Waals surface area (Å²) in [5.74, 6) is -1.06. The first-order chi connectivity index (χ1) is 8.01. The molecule has 5 nitrogen and oxygen atoms in total. The summed E-state index contributed by atoms with van der Waals surface area (Å²) in [6.45, 7) is 6.68. The minimum atomic E-state index is -0.559. The SMILES string of the molecule is CCCNC(C)COC(=O)C(C)=CC(=O)OC. The quantitative estimate of drug-likeness (QED) is 0.534. The van der Waals surface area contributed by atoms with Crippen LogP contribution in [0.2, 0.25) is 0 Å². The molecule has 0 fully saturated rings. The maximum absolute atomic E-state index is 11.4. The number of carbonyl (C=O) groups is 2. The zero-order valence-electron chi connectivity index (χ0n) is 10.9. The summed E-state index contributed by atoms with van der Waals surface area (Å²) in [5.41, 5.74) is 0.236. The lowest BCUT2D eigenvalue weighted by Crippen LogP contribution is -2.32. The van der Waals surface area contributed by atoms with E-state index in [-0.39, 0.29) is 18.2 Å². The van der Waals surface area contributed by atoms with Crippen LogP contribution in [0.1, 0.15) is 27.2 Å². The van der Waals surface area contributed by atoms with Crippen LogP contribution < -0.4 is 5.32 Å². The number of esters is 2. The maximum Gasteiger partial charge on any atom is 0.334 e. The van der Waals surface area contributed by atoms with Crippen LogP contribution >= 0.6 is 0 Å². The van der Waals surface area contributed by atoms with Gasteiger partial charge >= 0.3 is 11.9 Å². The van der Waals surface area contributed by atoms with Crippen molar-refractivity contribution in [3.63, 3.8) is 0 Å². The van der Waals surface area contributed by atoms with Gasteiger partial charge in [-0.3, -0.25) is 0 Å². The molecule has 0 spiro atoms. The predicted octanol–water partition coefficient (Wildman–Crippen LogP) is 1.04. The highest BCUT2D eigenvalue weighted by atomic mass is 16.5. The van der Waals surface area contributed by atoms with Crippen LogP contribution in [0.3, 0.4) is 0 Å². The molecule has 0 saturated carbocycles. The van der Waals surface area contributed by atoms with Crippen molar-refractivity contribution in [2.45, 2.75) is 33.2 Å². The molecule has 1 N–H and O–H groups in total. The minimum absolute atomic E-state index is 0.102. The first-order valence-corrected chi connectivity index (χ1v) is 5.68. The molecule has 0 aliphatic carbocycles. The Balaban J connectivity index is 4.01. The molecule has 0 aromatic carbocycles. The Morgan fingerprint density at radius 2 is 2.06 bits per heavy atom. The summed E-state index contributed by atoms with van der Waals surface area (Å²) < 4.78 is 9.44. The number of ether oxygens (including phenoxy) is 2. The van der Waals surface area contributed by atoms with Gasteiger partial charge in [0, 0.05) is 17.7 Å². The van der Waals surface area contributed by atoms with E-state index in [4.69, 9.17) is 4.74 Å². The average molecular weight is 243 g/mol. The number of nitrogens with one attached hydrogen (secondary N) is 1. The van der Waals surface area contributed by atoms with Crippen molar-refractivity contribution in [1.82, 2.24) is 5.32 Å². The van der Waals surface area contributed by atoms with Gasteiger partial charge in [-0.05, 0) is 26.8 Å². The van der Waals surface area contributed by atoms with Gasteiger partial charge in [0.15, 0.2) is 0 Å². The zero-order chi connectivity index (χ0) is 13.3. The molecule has 0 radical (unpaired) electrons. The monoisotopic (exact) mass is 243 g/mol. The lowest BCUT2D eigenvalue weighted by atomic mass is 10.3. The molecule has 0 aromatic heterocycles. The summed E-state index contributed by atoms with van der Waals surface area (Å²) in [7, 11) is 1.26. The van der Waals surface area contributed by atoms with Crippen LogP contribution in [0, 0.1) is 0 Å². The van der Waals surface area contributed by atoms with Gasteiger partial charge in [-0.25, -0.2) is 9.59 Å². The van der Waals surface area contributed by atoms with Crippen molar-refractivity contribution in [3.8, 4) is 0 Å². The van der Waals surface area contributed by atoms with E-state index in [1.165, 1.54) is 14.0 Å². The molecule has 1 unspecified atom stereocenters. The third-order valence-electron chi connectivity index (χ3n) is 2.06. The molecule has 0 heterocycles. The fourth-order valence-corrected chi connectivity index (χ4v) is 1.06. The number of hydrogen-bond donors (Lipinski definition) is 1. The minimum Gasteiger partial charge on any atom is -0.466 e. The van der Waals surface area contributed by atoms with Gasteiger partial charge in [0.1, 0.15) is 6.61 Å². The Morgan fingerprint density at radius 3 is 2.59 bits per heavy atom. The van der Waals surface area contributed by atoms with Crippen molar-refractivity contribution >= 4 is 11.9 Å². The molecule has 0 aliphatic heterocycles. The van der Waals surface area contributed by atoms with Crippen molar-refractivity contribution in [1.29, 1.82) is 0 Å². The maximum atomic E-state index is 11.4. The first kappa shape index (κ1) is 15.6. The van der Waals surface area contributed by atoms with Crippen LogP contribution in [0.25, 0.3) is 0 Å². The van der Waals surface area contributed by atoms with Crippen LogP contribution in [0.4, 0.5) is 0 Å². The van der Waals surface area contributed by atoms with E-state index in [1.807, 2.05) is 6.92 Å². The van der Waals surface area contributed by atoms with Gasteiger partial charge in [0.25, 0.3) is 0 Å². The van der Waals surface area contributed by atoms with E-state index >= 15 is 0 Å². The topological polar surface area (TPSA) is 64.6 Å². The van der Waals surface area contributed by atoms with E-state index in [0.29, 0.717) is 0 Å². The number of rotatable bonds is 7. The molecule has 17 heavy (non-hydrogen) atoms. The van der Waals surface area contributed by atoms with Crippen LogP contribution in [0.15, 0.2) is 11.6 Å². The molecular weight excluding hydrogens is 222 g/mol. The van der Waals surface area contributed by atoms with Crippen molar-refractivity contribution in [3.05, 3.63) is 11.6 Å². The smallest absolute Gasteiger partial charge is 0.334 e. The summed E-state index contributed by atoms with van der Waals surface area (Å²) in [5, 5.41) is 3.19. The van der Waals surface area contributed by atoms with Gasteiger partial charge in [-0.15, -0.1) is 0 Å². The lowest BCUT2D eigenvalue weighted by molar-refractivity contribution is -0.141. The molecule has 0 aliphatic rings. The van der Waals surface area contributed by atoms with Gasteiger partial charge in [-0.2, -0.15) is 0 Å². The second-order valence-electron chi connectivity index (χ2n) is 3.80. The summed E-state index contributed by atoms with van der Waals surface area (Å²) >= 11 is 0.